The van der Waals surface area contributed by atoms with Gasteiger partial charge in [-0.3, -0.25) is 4.79 Å². The van der Waals surface area contributed by atoms with E-state index in [-0.39, 0.29) is 31.0 Å². The summed E-state index contributed by atoms with van der Waals surface area (Å²) in [5.74, 6) is -0.994. The summed E-state index contributed by atoms with van der Waals surface area (Å²) in [6, 6.07) is 9.19. The van der Waals surface area contributed by atoms with E-state index in [1.165, 1.54) is 28.8 Å². The number of amides is 1. The van der Waals surface area contributed by atoms with E-state index in [2.05, 4.69) is 48.8 Å². The zero-order chi connectivity index (χ0) is 27.1. The molecule has 7 heteroatoms. The number of hydrogen-bond acceptors (Lipinski definition) is 4. The SMILES string of the molecule is CC(C)Cc1ccc2c(c1)[C@@H]1C[C@H]2OC/C=C/CCCCC(=O)N[C@@H](Cc2cc(F)cc(F)c2)[C@H](O)CN1. The van der Waals surface area contributed by atoms with Gasteiger partial charge < -0.3 is 20.5 Å². The smallest absolute Gasteiger partial charge is 0.220 e. The lowest BCUT2D eigenvalue weighted by Gasteiger charge is -2.26. The number of ether oxygens (including phenoxy) is 1. The molecule has 4 atom stereocenters. The Balaban J connectivity index is 1.56. The van der Waals surface area contributed by atoms with Gasteiger partial charge in [0.25, 0.3) is 0 Å². The summed E-state index contributed by atoms with van der Waals surface area (Å²) in [7, 11) is 0. The van der Waals surface area contributed by atoms with Crippen LogP contribution >= 0.6 is 0 Å². The largest absolute Gasteiger partial charge is 0.390 e. The molecule has 4 rings (SSSR count). The predicted molar refractivity (Wildman–Crippen MR) is 145 cm³/mol. The zero-order valence-electron chi connectivity index (χ0n) is 22.4. The van der Waals surface area contributed by atoms with Gasteiger partial charge in [-0.05, 0) is 78.8 Å². The van der Waals surface area contributed by atoms with Crippen LogP contribution in [0.2, 0.25) is 0 Å². The number of aliphatic hydroxyl groups excluding tert-OH is 1. The van der Waals surface area contributed by atoms with Crippen molar-refractivity contribution in [1.82, 2.24) is 10.6 Å². The lowest BCUT2D eigenvalue weighted by molar-refractivity contribution is -0.122. The van der Waals surface area contributed by atoms with Gasteiger partial charge in [0.15, 0.2) is 0 Å². The summed E-state index contributed by atoms with van der Waals surface area (Å²) >= 11 is 0. The van der Waals surface area contributed by atoms with Gasteiger partial charge in [-0.15, -0.1) is 0 Å². The highest BCUT2D eigenvalue weighted by atomic mass is 19.1. The summed E-state index contributed by atoms with van der Waals surface area (Å²) in [6.45, 7) is 5.14. The number of β-amino-alcohol motifs (C(OH)–C–C–N with tert-alkyl or cyclic N) is 1. The molecular weight excluding hydrogens is 486 g/mol. The molecule has 0 saturated heterocycles. The minimum atomic E-state index is -0.954. The molecule has 0 saturated carbocycles. The van der Waals surface area contributed by atoms with Crippen LogP contribution in [0, 0.1) is 17.6 Å². The number of rotatable bonds is 4. The maximum Gasteiger partial charge on any atom is 0.220 e. The van der Waals surface area contributed by atoms with Crippen molar-refractivity contribution in [3.63, 3.8) is 0 Å². The van der Waals surface area contributed by atoms with Crippen molar-refractivity contribution >= 4 is 5.91 Å². The summed E-state index contributed by atoms with van der Waals surface area (Å²) in [5, 5.41) is 17.6. The number of aliphatic hydroxyl groups is 1. The summed E-state index contributed by atoms with van der Waals surface area (Å²) in [5.41, 5.74) is 4.00. The molecular formula is C31H40F2N2O3. The second-order valence-corrected chi connectivity index (χ2v) is 11.0. The van der Waals surface area contributed by atoms with Crippen LogP contribution in [-0.2, 0) is 22.4 Å². The first-order valence-corrected chi connectivity index (χ1v) is 13.8. The van der Waals surface area contributed by atoms with Gasteiger partial charge in [0, 0.05) is 25.1 Å². The lowest BCUT2D eigenvalue weighted by atomic mass is 9.97. The molecule has 1 amide bonds. The Bertz CT molecular complexity index is 1100. The third-order valence-corrected chi connectivity index (χ3v) is 7.31. The Hall–Kier alpha value is -2.61. The van der Waals surface area contributed by atoms with Crippen molar-refractivity contribution in [2.24, 2.45) is 5.92 Å². The summed E-state index contributed by atoms with van der Waals surface area (Å²) < 4.78 is 33.9. The summed E-state index contributed by atoms with van der Waals surface area (Å²) in [4.78, 5) is 12.7. The molecule has 0 fully saturated rings. The molecule has 2 aromatic rings. The van der Waals surface area contributed by atoms with E-state index in [4.69, 9.17) is 4.74 Å². The van der Waals surface area contributed by atoms with E-state index in [1.807, 2.05) is 6.08 Å². The monoisotopic (exact) mass is 526 g/mol. The van der Waals surface area contributed by atoms with Crippen LogP contribution in [0.4, 0.5) is 8.78 Å². The van der Waals surface area contributed by atoms with Crippen molar-refractivity contribution in [1.29, 1.82) is 0 Å². The normalized spacial score (nSPS) is 26.0. The first-order valence-electron chi connectivity index (χ1n) is 13.8. The van der Waals surface area contributed by atoms with Gasteiger partial charge >= 0.3 is 0 Å². The minimum absolute atomic E-state index is 0.0145. The highest BCUT2D eigenvalue weighted by Crippen LogP contribution is 2.41. The molecule has 1 heterocycles. The van der Waals surface area contributed by atoms with Crippen LogP contribution in [0.15, 0.2) is 48.6 Å². The highest BCUT2D eigenvalue weighted by molar-refractivity contribution is 5.76. The average molecular weight is 527 g/mol. The van der Waals surface area contributed by atoms with E-state index < -0.39 is 23.8 Å². The van der Waals surface area contributed by atoms with Crippen molar-refractivity contribution < 1.29 is 23.4 Å². The molecule has 0 radical (unpaired) electrons. The van der Waals surface area contributed by atoms with Gasteiger partial charge in [-0.25, -0.2) is 8.78 Å². The molecule has 5 nitrogen and oxygen atoms in total. The Morgan fingerprint density at radius 1 is 1.03 bits per heavy atom. The second-order valence-electron chi connectivity index (χ2n) is 11.0. The number of allylic oxidation sites excluding steroid dienone is 1. The van der Waals surface area contributed by atoms with Crippen molar-refractivity contribution in [2.75, 3.05) is 13.2 Å². The van der Waals surface area contributed by atoms with Crippen LogP contribution in [0.1, 0.15) is 80.4 Å². The lowest BCUT2D eigenvalue weighted by Crippen LogP contribution is -2.49. The maximum atomic E-state index is 13.8. The Kier molecular flexibility index (Phi) is 10.1. The van der Waals surface area contributed by atoms with Crippen molar-refractivity contribution in [3.05, 3.63) is 82.4 Å². The van der Waals surface area contributed by atoms with E-state index in [0.29, 0.717) is 30.9 Å². The highest BCUT2D eigenvalue weighted by Gasteiger charge is 2.33. The molecule has 1 aliphatic carbocycles. The molecule has 38 heavy (non-hydrogen) atoms. The molecule has 1 aliphatic heterocycles. The van der Waals surface area contributed by atoms with Crippen molar-refractivity contribution in [3.8, 4) is 0 Å². The van der Waals surface area contributed by atoms with Gasteiger partial charge in [-0.1, -0.05) is 44.2 Å². The number of carbonyl (C=O) groups excluding carboxylic acids is 1. The fraction of sp³-hybridized carbons (Fsp3) is 0.516. The number of carbonyl (C=O) groups is 1. The topological polar surface area (TPSA) is 70.6 Å². The second kappa shape index (κ2) is 13.5. The molecule has 2 aromatic carbocycles. The zero-order valence-corrected chi connectivity index (χ0v) is 22.4. The van der Waals surface area contributed by atoms with E-state index in [9.17, 15) is 18.7 Å². The number of hydrogen-bond donors (Lipinski definition) is 3. The first kappa shape index (κ1) is 28.4. The van der Waals surface area contributed by atoms with Gasteiger partial charge in [0.1, 0.15) is 11.6 Å². The molecule has 2 bridgehead atoms. The van der Waals surface area contributed by atoms with E-state index in [0.717, 1.165) is 31.7 Å². The molecule has 0 aromatic heterocycles. The quantitative estimate of drug-likeness (QED) is 0.462. The fourth-order valence-electron chi connectivity index (χ4n) is 5.49. The van der Waals surface area contributed by atoms with Gasteiger partial charge in [0.05, 0.1) is 24.9 Å². The number of fused-ring (bicyclic) bond motifs is 5. The van der Waals surface area contributed by atoms with Crippen LogP contribution in [-0.4, -0.2) is 36.3 Å². The van der Waals surface area contributed by atoms with Crippen LogP contribution in [0.5, 0.6) is 0 Å². The average Bonchev–Trinajstić information content (AvgIpc) is 3.19. The molecule has 0 unspecified atom stereocenters. The van der Waals surface area contributed by atoms with Crippen LogP contribution in [0.3, 0.4) is 0 Å². The van der Waals surface area contributed by atoms with E-state index >= 15 is 0 Å². The molecule has 2 aliphatic rings. The Morgan fingerprint density at radius 3 is 2.58 bits per heavy atom. The number of benzene rings is 2. The Morgan fingerprint density at radius 2 is 1.82 bits per heavy atom. The number of halogens is 2. The Labute approximate surface area is 224 Å². The third-order valence-electron chi connectivity index (χ3n) is 7.31. The third kappa shape index (κ3) is 7.95. The predicted octanol–water partition coefficient (Wildman–Crippen LogP) is 5.47. The maximum absolute atomic E-state index is 13.8. The molecule has 0 spiro atoms. The fourth-order valence-corrected chi connectivity index (χ4v) is 5.49. The first-order chi connectivity index (χ1) is 18.3. The number of nitrogens with one attached hydrogen (secondary N) is 2. The summed E-state index contributed by atoms with van der Waals surface area (Å²) in [6.07, 6.45) is 7.75. The van der Waals surface area contributed by atoms with Crippen LogP contribution in [0.25, 0.3) is 0 Å². The molecule has 3 N–H and O–H groups in total. The molecule has 206 valence electrons. The van der Waals surface area contributed by atoms with Gasteiger partial charge in [0.2, 0.25) is 5.91 Å². The van der Waals surface area contributed by atoms with Gasteiger partial charge in [-0.2, -0.15) is 0 Å². The van der Waals surface area contributed by atoms with Crippen LogP contribution < -0.4 is 10.6 Å². The van der Waals surface area contributed by atoms with Crippen molar-refractivity contribution in [2.45, 2.75) is 83.1 Å². The van der Waals surface area contributed by atoms with E-state index in [1.54, 1.807) is 0 Å². The minimum Gasteiger partial charge on any atom is -0.390 e. The standard InChI is InChI=1S/C31H40F2N2O3/c1-20(2)12-21-9-10-25-26(15-21)27-18-30(25)38-11-7-5-3-4-6-8-31(37)35-28(29(36)19-34-27)16-22-13-23(32)17-24(33)14-22/h5,7,9-10,13-15,17,20,27-30,34,36H,3-4,6,8,11-12,16,18-19H2,1-2H3,(H,35,37)/b7-5+/t27-,28-,29+,30+/m0/s1.